The minimum absolute atomic E-state index is 0.0279. The molecule has 0 aromatic heterocycles. The largest absolute Gasteiger partial charge is 0.493 e. The Morgan fingerprint density at radius 3 is 2.56 bits per heavy atom. The van der Waals surface area contributed by atoms with Gasteiger partial charge in [0, 0.05) is 25.7 Å². The summed E-state index contributed by atoms with van der Waals surface area (Å²) < 4.78 is 30.1. The Balaban J connectivity index is 1.62. The van der Waals surface area contributed by atoms with E-state index in [4.69, 9.17) is 4.74 Å². The van der Waals surface area contributed by atoms with Crippen molar-refractivity contribution in [3.8, 4) is 5.75 Å². The fourth-order valence-corrected chi connectivity index (χ4v) is 5.79. The van der Waals surface area contributed by atoms with Crippen molar-refractivity contribution < 1.29 is 17.9 Å². The monoisotopic (exact) mass is 392 g/mol. The molecule has 1 aromatic rings. The zero-order chi connectivity index (χ0) is 19.4. The van der Waals surface area contributed by atoms with Crippen LogP contribution in [0.25, 0.3) is 0 Å². The van der Waals surface area contributed by atoms with Gasteiger partial charge in [0.1, 0.15) is 5.75 Å². The number of piperazine rings is 1. The lowest BCUT2D eigenvalue weighted by Crippen LogP contribution is -2.60. The maximum absolute atomic E-state index is 12.7. The number of allylic oxidation sites excluding steroid dienone is 1. The van der Waals surface area contributed by atoms with E-state index in [-0.39, 0.29) is 35.9 Å². The number of para-hydroxylation sites is 1. The molecule has 0 spiro atoms. The number of carbonyl (C=O) groups is 1. The normalized spacial score (nSPS) is 24.3. The summed E-state index contributed by atoms with van der Waals surface area (Å²) in [6, 6.07) is 9.02. The van der Waals surface area contributed by atoms with Gasteiger partial charge >= 0.3 is 0 Å². The van der Waals surface area contributed by atoms with Crippen LogP contribution in [-0.2, 0) is 14.6 Å². The first kappa shape index (κ1) is 19.9. The summed E-state index contributed by atoms with van der Waals surface area (Å²) >= 11 is 0. The van der Waals surface area contributed by atoms with E-state index in [0.29, 0.717) is 19.7 Å². The highest BCUT2D eigenvalue weighted by atomic mass is 32.2. The van der Waals surface area contributed by atoms with Crippen molar-refractivity contribution in [2.75, 3.05) is 37.7 Å². The number of ether oxygens (including phenoxy) is 1. The van der Waals surface area contributed by atoms with Crippen molar-refractivity contribution in [3.63, 3.8) is 0 Å². The van der Waals surface area contributed by atoms with E-state index in [1.807, 2.05) is 44.2 Å². The Bertz CT molecular complexity index is 787. The van der Waals surface area contributed by atoms with Crippen LogP contribution < -0.4 is 4.74 Å². The Morgan fingerprint density at radius 1 is 1.15 bits per heavy atom. The summed E-state index contributed by atoms with van der Waals surface area (Å²) in [6.07, 6.45) is 2.37. The molecular weight excluding hydrogens is 364 g/mol. The number of benzene rings is 1. The van der Waals surface area contributed by atoms with E-state index in [1.54, 1.807) is 4.90 Å². The predicted molar refractivity (Wildman–Crippen MR) is 106 cm³/mol. The second-order valence-electron chi connectivity index (χ2n) is 7.49. The maximum atomic E-state index is 12.7. The summed E-state index contributed by atoms with van der Waals surface area (Å²) in [5.41, 5.74) is 1.21. The molecular formula is C20H28N2O4S. The molecule has 2 aliphatic heterocycles. The molecule has 148 valence electrons. The first-order valence-electron chi connectivity index (χ1n) is 9.41. The third-order valence-electron chi connectivity index (χ3n) is 5.17. The van der Waals surface area contributed by atoms with Crippen LogP contribution in [0.5, 0.6) is 5.75 Å². The zero-order valence-corrected chi connectivity index (χ0v) is 16.8. The molecule has 0 unspecified atom stereocenters. The number of carbonyl (C=O) groups excluding carboxylic acids is 1. The minimum atomic E-state index is -3.12. The van der Waals surface area contributed by atoms with Gasteiger partial charge in [-0.05, 0) is 26.0 Å². The van der Waals surface area contributed by atoms with Gasteiger partial charge in [-0.2, -0.15) is 0 Å². The lowest BCUT2D eigenvalue weighted by molar-refractivity contribution is -0.137. The quantitative estimate of drug-likeness (QED) is 0.690. The molecule has 2 saturated heterocycles. The molecule has 7 heteroatoms. The van der Waals surface area contributed by atoms with E-state index in [2.05, 4.69) is 11.0 Å². The number of nitrogens with zero attached hydrogens (tertiary/aromatic N) is 2. The second kappa shape index (κ2) is 8.44. The van der Waals surface area contributed by atoms with Gasteiger partial charge in [-0.3, -0.25) is 9.69 Å². The molecule has 1 amide bonds. The summed E-state index contributed by atoms with van der Waals surface area (Å²) in [7, 11) is -3.12. The van der Waals surface area contributed by atoms with Gasteiger partial charge in [0.25, 0.3) is 0 Å². The van der Waals surface area contributed by atoms with E-state index in [1.165, 1.54) is 5.57 Å². The first-order chi connectivity index (χ1) is 12.9. The third kappa shape index (κ3) is 5.11. The standard InChI is InChI=1S/C20H28N2O4S/c1-16(2)8-10-21-11-12-22(19-15-27(24,25)14-18(19)21)20(23)9-13-26-17-6-4-3-5-7-17/h3-8,18-19H,9-15H2,1-2H3/t18-,19+/m0/s1. The SMILES string of the molecule is CC(C)=CCN1CCN(C(=O)CCOc2ccccc2)[C@@H]2CS(=O)(=O)C[C@@H]21. The van der Waals surface area contributed by atoms with Gasteiger partial charge in [-0.15, -0.1) is 0 Å². The van der Waals surface area contributed by atoms with Crippen LogP contribution in [0.1, 0.15) is 20.3 Å². The Kier molecular flexibility index (Phi) is 6.22. The summed E-state index contributed by atoms with van der Waals surface area (Å²) in [5, 5.41) is 0. The second-order valence-corrected chi connectivity index (χ2v) is 9.64. The molecule has 0 bridgehead atoms. The Morgan fingerprint density at radius 2 is 1.85 bits per heavy atom. The van der Waals surface area contributed by atoms with Crippen molar-refractivity contribution in [2.45, 2.75) is 32.4 Å². The topological polar surface area (TPSA) is 66.9 Å². The van der Waals surface area contributed by atoms with Gasteiger partial charge in [0.2, 0.25) is 5.91 Å². The molecule has 3 rings (SSSR count). The lowest BCUT2D eigenvalue weighted by Gasteiger charge is -2.43. The first-order valence-corrected chi connectivity index (χ1v) is 11.2. The number of hydrogen-bond donors (Lipinski definition) is 0. The average Bonchev–Trinajstić information content (AvgIpc) is 2.95. The molecule has 0 saturated carbocycles. The molecule has 1 aromatic carbocycles. The molecule has 0 N–H and O–H groups in total. The van der Waals surface area contributed by atoms with E-state index < -0.39 is 9.84 Å². The maximum Gasteiger partial charge on any atom is 0.226 e. The number of fused-ring (bicyclic) bond motifs is 1. The third-order valence-corrected chi connectivity index (χ3v) is 6.87. The van der Waals surface area contributed by atoms with Crippen LogP contribution in [0.3, 0.4) is 0 Å². The van der Waals surface area contributed by atoms with Gasteiger partial charge in [-0.1, -0.05) is 29.8 Å². The van der Waals surface area contributed by atoms with Gasteiger partial charge in [-0.25, -0.2) is 8.42 Å². The molecule has 2 heterocycles. The fraction of sp³-hybridized carbons (Fsp3) is 0.550. The predicted octanol–water partition coefficient (Wildman–Crippen LogP) is 1.73. The van der Waals surface area contributed by atoms with E-state index >= 15 is 0 Å². The number of amides is 1. The molecule has 2 atom stereocenters. The minimum Gasteiger partial charge on any atom is -0.493 e. The smallest absolute Gasteiger partial charge is 0.226 e. The molecule has 2 aliphatic rings. The Labute approximate surface area is 161 Å². The lowest BCUT2D eigenvalue weighted by atomic mass is 10.0. The van der Waals surface area contributed by atoms with Crippen molar-refractivity contribution in [3.05, 3.63) is 42.0 Å². The van der Waals surface area contributed by atoms with Crippen LogP contribution >= 0.6 is 0 Å². The fourth-order valence-electron chi connectivity index (χ4n) is 3.78. The summed E-state index contributed by atoms with van der Waals surface area (Å²) in [6.45, 7) is 6.37. The van der Waals surface area contributed by atoms with Crippen LogP contribution in [0.15, 0.2) is 42.0 Å². The van der Waals surface area contributed by atoms with Crippen molar-refractivity contribution in [1.29, 1.82) is 0 Å². The number of rotatable bonds is 6. The van der Waals surface area contributed by atoms with Crippen LogP contribution in [0.4, 0.5) is 0 Å². The van der Waals surface area contributed by atoms with Crippen molar-refractivity contribution in [2.24, 2.45) is 0 Å². The summed E-state index contributed by atoms with van der Waals surface area (Å²) in [4.78, 5) is 16.7. The molecule has 2 fully saturated rings. The van der Waals surface area contributed by atoms with Crippen molar-refractivity contribution >= 4 is 15.7 Å². The number of hydrogen-bond acceptors (Lipinski definition) is 5. The summed E-state index contributed by atoms with van der Waals surface area (Å²) in [5.74, 6) is 0.908. The highest BCUT2D eigenvalue weighted by Gasteiger charge is 2.47. The highest BCUT2D eigenvalue weighted by molar-refractivity contribution is 7.91. The zero-order valence-electron chi connectivity index (χ0n) is 16.0. The van der Waals surface area contributed by atoms with E-state index in [9.17, 15) is 13.2 Å². The molecule has 27 heavy (non-hydrogen) atoms. The van der Waals surface area contributed by atoms with Gasteiger partial charge in [0.15, 0.2) is 9.84 Å². The molecule has 0 aliphatic carbocycles. The van der Waals surface area contributed by atoms with Crippen LogP contribution in [0, 0.1) is 0 Å². The van der Waals surface area contributed by atoms with Crippen LogP contribution in [0.2, 0.25) is 0 Å². The Hall–Kier alpha value is -1.86. The average molecular weight is 393 g/mol. The number of sulfone groups is 1. The molecule has 0 radical (unpaired) electrons. The molecule has 6 nitrogen and oxygen atoms in total. The van der Waals surface area contributed by atoms with Crippen molar-refractivity contribution in [1.82, 2.24) is 9.80 Å². The highest BCUT2D eigenvalue weighted by Crippen LogP contribution is 2.27. The van der Waals surface area contributed by atoms with E-state index in [0.717, 1.165) is 12.3 Å². The van der Waals surface area contributed by atoms with Crippen LogP contribution in [-0.4, -0.2) is 74.0 Å². The van der Waals surface area contributed by atoms with Gasteiger partial charge < -0.3 is 9.64 Å². The van der Waals surface area contributed by atoms with Gasteiger partial charge in [0.05, 0.1) is 30.6 Å².